The van der Waals surface area contributed by atoms with E-state index < -0.39 is 44.1 Å². The van der Waals surface area contributed by atoms with Crippen molar-refractivity contribution in [2.45, 2.75) is 23.9 Å². The molecular weight excluding hydrogens is 557 g/mol. The van der Waals surface area contributed by atoms with Crippen LogP contribution in [0, 0.1) is 17.6 Å². The van der Waals surface area contributed by atoms with E-state index >= 15 is 8.78 Å². The number of rotatable bonds is 9. The number of halogens is 4. The molecule has 1 aliphatic heterocycles. The molecule has 0 saturated carbocycles. The Morgan fingerprint density at radius 1 is 1.10 bits per heavy atom. The lowest BCUT2D eigenvalue weighted by molar-refractivity contribution is 0.315. The number of aromatic nitrogens is 1. The van der Waals surface area contributed by atoms with Crippen molar-refractivity contribution in [1.29, 1.82) is 0 Å². The Hall–Kier alpha value is -3.22. The number of hydrogen-bond acceptors (Lipinski definition) is 7. The molecule has 2 heterocycles. The number of nitrogens with zero attached hydrogens (tertiary/aromatic N) is 4. The first-order valence-electron chi connectivity index (χ1n) is 11.9. The fourth-order valence-electron chi connectivity index (χ4n) is 4.49. The predicted octanol–water partition coefficient (Wildman–Crippen LogP) is 4.71. The van der Waals surface area contributed by atoms with Gasteiger partial charge in [-0.3, -0.25) is 0 Å². The van der Waals surface area contributed by atoms with Gasteiger partial charge in [-0.25, -0.2) is 26.5 Å². The molecule has 1 fully saturated rings. The van der Waals surface area contributed by atoms with Gasteiger partial charge < -0.3 is 19.3 Å². The molecule has 39 heavy (non-hydrogen) atoms. The summed E-state index contributed by atoms with van der Waals surface area (Å²) in [6.45, 7) is 0.472. The standard InChI is InChI=1S/C26H28ClF3N4O4S/c1-32(2)17-10-11-33(15-17)20-13-19(28)26(25(30)24(20)27)39(35,36)34(23-7-5-6-22(29)31-23)14-16-8-9-18(37-3)12-21(16)38-4/h5-9,12-13,17H,10-11,14-15H2,1-4H3/t17-/m1/s1. The van der Waals surface area contributed by atoms with E-state index in [-0.39, 0.29) is 23.3 Å². The number of hydrogen-bond donors (Lipinski definition) is 0. The van der Waals surface area contributed by atoms with Crippen molar-refractivity contribution in [2.75, 3.05) is 50.6 Å². The fourth-order valence-corrected chi connectivity index (χ4v) is 6.32. The van der Waals surface area contributed by atoms with E-state index in [1.807, 2.05) is 19.0 Å². The molecule has 0 amide bonds. The van der Waals surface area contributed by atoms with Crippen LogP contribution in [0.25, 0.3) is 0 Å². The molecule has 0 radical (unpaired) electrons. The topological polar surface area (TPSA) is 75.2 Å². The molecular formula is C26H28ClF3N4O4S. The molecule has 0 bridgehead atoms. The molecule has 1 aromatic heterocycles. The lowest BCUT2D eigenvalue weighted by Crippen LogP contribution is -2.34. The van der Waals surface area contributed by atoms with Crippen LogP contribution in [-0.2, 0) is 16.6 Å². The van der Waals surface area contributed by atoms with Gasteiger partial charge in [-0.05, 0) is 44.8 Å². The van der Waals surface area contributed by atoms with Crippen molar-refractivity contribution in [3.63, 3.8) is 0 Å². The highest BCUT2D eigenvalue weighted by molar-refractivity contribution is 7.92. The Kier molecular flexibility index (Phi) is 8.48. The van der Waals surface area contributed by atoms with Gasteiger partial charge in [-0.15, -0.1) is 0 Å². The molecule has 0 spiro atoms. The molecule has 4 rings (SSSR count). The number of likely N-dealkylation sites (N-methyl/N-ethyl adjacent to an activating group) is 1. The smallest absolute Gasteiger partial charge is 0.271 e. The summed E-state index contributed by atoms with van der Waals surface area (Å²) in [6, 6.07) is 9.14. The number of methoxy groups -OCH3 is 2. The largest absolute Gasteiger partial charge is 0.497 e. The summed E-state index contributed by atoms with van der Waals surface area (Å²) < 4.78 is 84.3. The lowest BCUT2D eigenvalue weighted by atomic mass is 10.2. The van der Waals surface area contributed by atoms with Crippen LogP contribution in [0.5, 0.6) is 11.5 Å². The number of benzene rings is 2. The Morgan fingerprint density at radius 2 is 1.85 bits per heavy atom. The predicted molar refractivity (Wildman–Crippen MR) is 143 cm³/mol. The second-order valence-electron chi connectivity index (χ2n) is 9.19. The van der Waals surface area contributed by atoms with Crippen LogP contribution >= 0.6 is 11.6 Å². The first-order valence-corrected chi connectivity index (χ1v) is 13.7. The minimum Gasteiger partial charge on any atom is -0.497 e. The van der Waals surface area contributed by atoms with Gasteiger partial charge in [0.25, 0.3) is 10.0 Å². The fraction of sp³-hybridized carbons (Fsp3) is 0.346. The van der Waals surface area contributed by atoms with Crippen LogP contribution in [-0.4, -0.2) is 65.7 Å². The molecule has 0 N–H and O–H groups in total. The van der Waals surface area contributed by atoms with Crippen molar-refractivity contribution in [3.05, 3.63) is 70.6 Å². The molecule has 0 unspecified atom stereocenters. The van der Waals surface area contributed by atoms with E-state index in [4.69, 9.17) is 21.1 Å². The van der Waals surface area contributed by atoms with Crippen LogP contribution in [0.15, 0.2) is 47.4 Å². The van der Waals surface area contributed by atoms with E-state index in [0.29, 0.717) is 28.7 Å². The quantitative estimate of drug-likeness (QED) is 0.266. The van der Waals surface area contributed by atoms with Gasteiger partial charge >= 0.3 is 0 Å². The Bertz CT molecular complexity index is 1480. The van der Waals surface area contributed by atoms with E-state index in [2.05, 4.69) is 4.98 Å². The molecule has 2 aromatic carbocycles. The molecule has 13 heteroatoms. The summed E-state index contributed by atoms with van der Waals surface area (Å²) in [5.41, 5.74) is 0.366. The van der Waals surface area contributed by atoms with Gasteiger partial charge in [0.15, 0.2) is 10.7 Å². The molecule has 8 nitrogen and oxygen atoms in total. The third-order valence-electron chi connectivity index (χ3n) is 6.64. The highest BCUT2D eigenvalue weighted by Gasteiger charge is 2.37. The monoisotopic (exact) mass is 584 g/mol. The maximum absolute atomic E-state index is 15.7. The third kappa shape index (κ3) is 5.73. The average Bonchev–Trinajstić information content (AvgIpc) is 3.39. The Morgan fingerprint density at radius 3 is 2.46 bits per heavy atom. The maximum atomic E-state index is 15.7. The van der Waals surface area contributed by atoms with Crippen molar-refractivity contribution < 1.29 is 31.1 Å². The first kappa shape index (κ1) is 28.8. The van der Waals surface area contributed by atoms with E-state index in [9.17, 15) is 12.8 Å². The minimum atomic E-state index is -5.00. The van der Waals surface area contributed by atoms with Crippen molar-refractivity contribution in [2.24, 2.45) is 0 Å². The van der Waals surface area contributed by atoms with Crippen LogP contribution < -0.4 is 18.7 Å². The Balaban J connectivity index is 1.82. The highest BCUT2D eigenvalue weighted by atomic mass is 35.5. The summed E-state index contributed by atoms with van der Waals surface area (Å²) >= 11 is 6.31. The van der Waals surface area contributed by atoms with Gasteiger partial charge in [0.2, 0.25) is 5.95 Å². The normalized spacial score (nSPS) is 15.6. The third-order valence-corrected chi connectivity index (χ3v) is 8.79. The van der Waals surface area contributed by atoms with E-state index in [0.717, 1.165) is 18.6 Å². The zero-order valence-electron chi connectivity index (χ0n) is 21.8. The molecule has 1 saturated heterocycles. The van der Waals surface area contributed by atoms with Crippen LogP contribution in [0.3, 0.4) is 0 Å². The van der Waals surface area contributed by atoms with Gasteiger partial charge in [-0.1, -0.05) is 17.7 Å². The summed E-state index contributed by atoms with van der Waals surface area (Å²) in [6.07, 6.45) is 0.745. The molecule has 1 aliphatic rings. The van der Waals surface area contributed by atoms with Crippen LogP contribution in [0.1, 0.15) is 12.0 Å². The number of anilines is 2. The molecule has 1 atom stereocenters. The second kappa shape index (κ2) is 11.5. The SMILES string of the molecule is COc1ccc(CN(c2cccc(F)n2)S(=O)(=O)c2c(F)cc(N3CC[C@@H](N(C)C)C3)c(Cl)c2F)c(OC)c1. The van der Waals surface area contributed by atoms with Gasteiger partial charge in [0, 0.05) is 36.8 Å². The summed E-state index contributed by atoms with van der Waals surface area (Å²) in [4.78, 5) is 6.10. The Labute approximate surface area is 230 Å². The molecule has 3 aromatic rings. The lowest BCUT2D eigenvalue weighted by Gasteiger charge is -2.27. The van der Waals surface area contributed by atoms with Gasteiger partial charge in [-0.2, -0.15) is 4.39 Å². The first-order chi connectivity index (χ1) is 18.5. The van der Waals surface area contributed by atoms with E-state index in [1.54, 1.807) is 11.0 Å². The minimum absolute atomic E-state index is 0.0576. The van der Waals surface area contributed by atoms with Crippen molar-refractivity contribution in [3.8, 4) is 11.5 Å². The van der Waals surface area contributed by atoms with Crippen molar-refractivity contribution in [1.82, 2.24) is 9.88 Å². The second-order valence-corrected chi connectivity index (χ2v) is 11.4. The maximum Gasteiger partial charge on any atom is 0.271 e. The number of sulfonamides is 1. The van der Waals surface area contributed by atoms with Crippen LogP contribution in [0.2, 0.25) is 5.02 Å². The number of ether oxygens (including phenoxy) is 2. The van der Waals surface area contributed by atoms with Gasteiger partial charge in [0.1, 0.15) is 28.2 Å². The zero-order chi connectivity index (χ0) is 28.5. The highest BCUT2D eigenvalue weighted by Crippen LogP contribution is 2.39. The average molecular weight is 585 g/mol. The van der Waals surface area contributed by atoms with Gasteiger partial charge in [0.05, 0.1) is 26.5 Å². The summed E-state index contributed by atoms with van der Waals surface area (Å²) in [5.74, 6) is -3.46. The zero-order valence-corrected chi connectivity index (χ0v) is 23.4. The number of pyridine rings is 1. The summed E-state index contributed by atoms with van der Waals surface area (Å²) in [5, 5.41) is -0.524. The molecule has 210 valence electrons. The van der Waals surface area contributed by atoms with Crippen LogP contribution in [0.4, 0.5) is 24.7 Å². The van der Waals surface area contributed by atoms with E-state index in [1.165, 1.54) is 38.5 Å². The summed E-state index contributed by atoms with van der Waals surface area (Å²) in [7, 11) is 1.62. The molecule has 0 aliphatic carbocycles. The van der Waals surface area contributed by atoms with Crippen molar-refractivity contribution >= 4 is 33.1 Å².